The third-order valence-electron chi connectivity index (χ3n) is 3.97. The highest BCUT2D eigenvalue weighted by molar-refractivity contribution is 5.16. The van der Waals surface area contributed by atoms with Crippen molar-refractivity contribution < 1.29 is 9.84 Å². The van der Waals surface area contributed by atoms with E-state index in [1.165, 1.54) is 5.56 Å². The van der Waals surface area contributed by atoms with Gasteiger partial charge in [-0.1, -0.05) is 6.92 Å². The average molecular weight is 296 g/mol. The largest absolute Gasteiger partial charge is 0.395 e. The minimum atomic E-state index is 0.199. The van der Waals surface area contributed by atoms with Gasteiger partial charge >= 0.3 is 0 Å². The molecule has 0 saturated carbocycles. The van der Waals surface area contributed by atoms with Crippen LogP contribution in [-0.2, 0) is 24.8 Å². The highest BCUT2D eigenvalue weighted by atomic mass is 16.5. The first-order valence-corrected chi connectivity index (χ1v) is 7.87. The minimum Gasteiger partial charge on any atom is -0.395 e. The van der Waals surface area contributed by atoms with Crippen molar-refractivity contribution in [3.63, 3.8) is 0 Å². The van der Waals surface area contributed by atoms with Crippen molar-refractivity contribution in [2.75, 3.05) is 52.5 Å². The smallest absolute Gasteiger partial charge is 0.0666 e. The van der Waals surface area contributed by atoms with Gasteiger partial charge in [0.15, 0.2) is 0 Å². The van der Waals surface area contributed by atoms with Crippen molar-refractivity contribution >= 4 is 0 Å². The normalized spacial score (nSPS) is 16.8. The Labute approximate surface area is 127 Å². The third-order valence-corrected chi connectivity index (χ3v) is 3.97. The van der Waals surface area contributed by atoms with Gasteiger partial charge in [0.2, 0.25) is 0 Å². The van der Waals surface area contributed by atoms with Crippen LogP contribution >= 0.6 is 0 Å². The lowest BCUT2D eigenvalue weighted by molar-refractivity contribution is 0.0320. The van der Waals surface area contributed by atoms with E-state index in [2.05, 4.69) is 28.0 Å². The van der Waals surface area contributed by atoms with E-state index in [0.717, 1.165) is 58.1 Å². The van der Waals surface area contributed by atoms with Crippen molar-refractivity contribution in [2.24, 2.45) is 7.05 Å². The lowest BCUT2D eigenvalue weighted by atomic mass is 10.2. The molecule has 1 saturated heterocycles. The summed E-state index contributed by atoms with van der Waals surface area (Å²) in [7, 11) is 1.97. The molecule has 1 fully saturated rings. The molecular formula is C15H28N4O2. The predicted octanol–water partition coefficient (Wildman–Crippen LogP) is 0.109. The standard InChI is InChI=1S/C15H28N4O2/c1-3-15-14(12-17(2)16-15)13-19(6-9-20)5-4-18-7-10-21-11-8-18/h12,20H,3-11,13H2,1-2H3. The van der Waals surface area contributed by atoms with E-state index < -0.39 is 0 Å². The topological polar surface area (TPSA) is 53.8 Å². The Morgan fingerprint density at radius 1 is 1.33 bits per heavy atom. The van der Waals surface area contributed by atoms with Gasteiger partial charge in [-0.25, -0.2) is 0 Å². The first-order valence-electron chi connectivity index (χ1n) is 7.87. The summed E-state index contributed by atoms with van der Waals surface area (Å²) in [5.74, 6) is 0. The van der Waals surface area contributed by atoms with Crippen LogP contribution in [0.25, 0.3) is 0 Å². The summed E-state index contributed by atoms with van der Waals surface area (Å²) in [4.78, 5) is 4.74. The molecule has 2 rings (SSSR count). The molecule has 1 aliphatic rings. The molecule has 0 aromatic carbocycles. The fraction of sp³-hybridized carbons (Fsp3) is 0.800. The molecule has 0 aliphatic carbocycles. The second-order valence-corrected chi connectivity index (χ2v) is 5.58. The molecule has 0 unspecified atom stereocenters. The van der Waals surface area contributed by atoms with Crippen LogP contribution in [0.3, 0.4) is 0 Å². The Morgan fingerprint density at radius 3 is 2.76 bits per heavy atom. The van der Waals surface area contributed by atoms with Crippen LogP contribution in [0.1, 0.15) is 18.2 Å². The molecule has 1 N–H and O–H groups in total. The molecule has 1 aromatic heterocycles. The van der Waals surface area contributed by atoms with E-state index >= 15 is 0 Å². The summed E-state index contributed by atoms with van der Waals surface area (Å²) >= 11 is 0. The zero-order chi connectivity index (χ0) is 15.1. The van der Waals surface area contributed by atoms with E-state index in [9.17, 15) is 5.11 Å². The van der Waals surface area contributed by atoms with Gasteiger partial charge in [0.1, 0.15) is 0 Å². The van der Waals surface area contributed by atoms with E-state index in [4.69, 9.17) is 4.74 Å². The monoisotopic (exact) mass is 296 g/mol. The molecule has 1 aliphatic heterocycles. The van der Waals surface area contributed by atoms with Crippen molar-refractivity contribution in [3.05, 3.63) is 17.5 Å². The Kier molecular flexibility index (Phi) is 6.63. The maximum absolute atomic E-state index is 9.29. The summed E-state index contributed by atoms with van der Waals surface area (Å²) in [5, 5.41) is 13.8. The Morgan fingerprint density at radius 2 is 2.10 bits per heavy atom. The van der Waals surface area contributed by atoms with E-state index in [1.807, 2.05) is 11.7 Å². The molecule has 120 valence electrons. The first kappa shape index (κ1) is 16.4. The van der Waals surface area contributed by atoms with Crippen LogP contribution in [0.2, 0.25) is 0 Å². The molecule has 21 heavy (non-hydrogen) atoms. The third kappa shape index (κ3) is 5.07. The summed E-state index contributed by atoms with van der Waals surface area (Å²) in [6.07, 6.45) is 3.05. The van der Waals surface area contributed by atoms with Gasteiger partial charge in [0.05, 0.1) is 25.5 Å². The van der Waals surface area contributed by atoms with Gasteiger partial charge in [0, 0.05) is 58.1 Å². The van der Waals surface area contributed by atoms with Gasteiger partial charge in [-0.2, -0.15) is 5.10 Å². The quantitative estimate of drug-likeness (QED) is 0.738. The number of aliphatic hydroxyl groups excluding tert-OH is 1. The maximum Gasteiger partial charge on any atom is 0.0666 e. The Hall–Kier alpha value is -0.950. The molecule has 0 amide bonds. The molecule has 6 heteroatoms. The summed E-state index contributed by atoms with van der Waals surface area (Å²) in [6.45, 7) is 9.61. The number of rotatable bonds is 8. The second-order valence-electron chi connectivity index (χ2n) is 5.58. The van der Waals surface area contributed by atoms with E-state index in [-0.39, 0.29) is 6.61 Å². The summed E-state index contributed by atoms with van der Waals surface area (Å²) in [6, 6.07) is 0. The Balaban J connectivity index is 1.88. The van der Waals surface area contributed by atoms with Crippen molar-refractivity contribution in [2.45, 2.75) is 19.9 Å². The lowest BCUT2D eigenvalue weighted by Gasteiger charge is -2.29. The number of aryl methyl sites for hydroxylation is 2. The van der Waals surface area contributed by atoms with E-state index in [0.29, 0.717) is 6.54 Å². The zero-order valence-electron chi connectivity index (χ0n) is 13.3. The van der Waals surface area contributed by atoms with E-state index in [1.54, 1.807) is 0 Å². The highest BCUT2D eigenvalue weighted by Crippen LogP contribution is 2.11. The second kappa shape index (κ2) is 8.48. The highest BCUT2D eigenvalue weighted by Gasteiger charge is 2.14. The van der Waals surface area contributed by atoms with Crippen molar-refractivity contribution in [1.29, 1.82) is 0 Å². The van der Waals surface area contributed by atoms with Gasteiger partial charge in [-0.3, -0.25) is 14.5 Å². The van der Waals surface area contributed by atoms with Crippen LogP contribution in [-0.4, -0.2) is 77.2 Å². The fourth-order valence-corrected chi connectivity index (χ4v) is 2.77. The maximum atomic E-state index is 9.29. The van der Waals surface area contributed by atoms with Crippen LogP contribution in [0.4, 0.5) is 0 Å². The number of morpholine rings is 1. The molecule has 1 aromatic rings. The number of ether oxygens (including phenoxy) is 1. The molecule has 0 atom stereocenters. The van der Waals surface area contributed by atoms with Crippen LogP contribution in [0.5, 0.6) is 0 Å². The van der Waals surface area contributed by atoms with Crippen molar-refractivity contribution in [1.82, 2.24) is 19.6 Å². The molecule has 2 heterocycles. The number of aliphatic hydroxyl groups is 1. The van der Waals surface area contributed by atoms with Gasteiger partial charge < -0.3 is 9.84 Å². The summed E-state index contributed by atoms with van der Waals surface area (Å²) in [5.41, 5.74) is 2.43. The van der Waals surface area contributed by atoms with Gasteiger partial charge in [-0.15, -0.1) is 0 Å². The first-order chi connectivity index (χ1) is 10.2. The number of hydrogen-bond acceptors (Lipinski definition) is 5. The molecule has 0 radical (unpaired) electrons. The minimum absolute atomic E-state index is 0.199. The predicted molar refractivity (Wildman–Crippen MR) is 82.2 cm³/mol. The molecule has 6 nitrogen and oxygen atoms in total. The van der Waals surface area contributed by atoms with Crippen LogP contribution in [0, 0.1) is 0 Å². The van der Waals surface area contributed by atoms with Gasteiger partial charge in [-0.05, 0) is 6.42 Å². The SMILES string of the molecule is CCc1nn(C)cc1CN(CCO)CCN1CCOCC1. The molecular weight excluding hydrogens is 268 g/mol. The molecule has 0 spiro atoms. The van der Waals surface area contributed by atoms with Crippen molar-refractivity contribution in [3.8, 4) is 0 Å². The lowest BCUT2D eigenvalue weighted by Crippen LogP contribution is -2.41. The van der Waals surface area contributed by atoms with Crippen LogP contribution < -0.4 is 0 Å². The number of aromatic nitrogens is 2. The van der Waals surface area contributed by atoms with Crippen LogP contribution in [0.15, 0.2) is 6.20 Å². The zero-order valence-corrected chi connectivity index (χ0v) is 13.3. The number of nitrogens with zero attached hydrogens (tertiary/aromatic N) is 4. The fourth-order valence-electron chi connectivity index (χ4n) is 2.77. The number of hydrogen-bond donors (Lipinski definition) is 1. The van der Waals surface area contributed by atoms with Gasteiger partial charge in [0.25, 0.3) is 0 Å². The average Bonchev–Trinajstić information content (AvgIpc) is 2.86. The Bertz CT molecular complexity index is 416. The summed E-state index contributed by atoms with van der Waals surface area (Å²) < 4.78 is 7.26. The molecule has 0 bridgehead atoms.